The molecule has 138 valence electrons. The van der Waals surface area contributed by atoms with E-state index in [9.17, 15) is 8.78 Å². The molecule has 3 nitrogen and oxygen atoms in total. The highest BCUT2D eigenvalue weighted by molar-refractivity contribution is 9.10. The van der Waals surface area contributed by atoms with E-state index in [1.807, 2.05) is 24.4 Å². The zero-order valence-electron chi connectivity index (χ0n) is 14.6. The predicted molar refractivity (Wildman–Crippen MR) is 105 cm³/mol. The predicted octanol–water partition coefficient (Wildman–Crippen LogP) is 5.41. The summed E-state index contributed by atoms with van der Waals surface area (Å²) in [5, 5.41) is 0. The maximum Gasteiger partial charge on any atom is 0.147 e. The van der Waals surface area contributed by atoms with Crippen LogP contribution in [0.5, 0.6) is 0 Å². The van der Waals surface area contributed by atoms with Crippen LogP contribution in [0.4, 0.5) is 14.5 Å². The number of aromatic nitrogens is 2. The van der Waals surface area contributed by atoms with Gasteiger partial charge in [-0.3, -0.25) is 0 Å². The molecule has 1 unspecified atom stereocenters. The van der Waals surface area contributed by atoms with E-state index in [2.05, 4.69) is 30.4 Å². The number of rotatable bonds is 2. The summed E-state index contributed by atoms with van der Waals surface area (Å²) in [6.07, 6.45) is 5.38. The average Bonchev–Trinajstić information content (AvgIpc) is 3.24. The van der Waals surface area contributed by atoms with Gasteiger partial charge in [-0.05, 0) is 43.0 Å². The number of anilines is 1. The highest BCUT2D eigenvalue weighted by atomic mass is 79.9. The Morgan fingerprint density at radius 3 is 2.63 bits per heavy atom. The number of halogens is 3. The molecular weight excluding hydrogens is 412 g/mol. The summed E-state index contributed by atoms with van der Waals surface area (Å²) in [5.74, 6) is -0.0644. The molecule has 0 saturated carbocycles. The van der Waals surface area contributed by atoms with Crippen molar-refractivity contribution in [3.05, 3.63) is 70.6 Å². The number of benzene rings is 2. The zero-order valence-corrected chi connectivity index (χ0v) is 16.2. The molecule has 0 radical (unpaired) electrons. The fourth-order valence-corrected chi connectivity index (χ4v) is 4.92. The van der Waals surface area contributed by atoms with Crippen LogP contribution in [0.15, 0.2) is 53.4 Å². The molecule has 27 heavy (non-hydrogen) atoms. The minimum atomic E-state index is -0.211. The quantitative estimate of drug-likeness (QED) is 0.542. The highest BCUT2D eigenvalue weighted by Gasteiger charge is 2.38. The van der Waals surface area contributed by atoms with Crippen LogP contribution < -0.4 is 4.90 Å². The molecule has 3 aromatic rings. The molecule has 1 saturated heterocycles. The Bertz CT molecular complexity index is 1010. The fraction of sp³-hybridized carbons (Fsp3) is 0.286. The number of hydrogen-bond donors (Lipinski definition) is 0. The van der Waals surface area contributed by atoms with Crippen molar-refractivity contribution in [2.24, 2.45) is 5.92 Å². The number of piperidine rings is 1. The monoisotopic (exact) mass is 429 g/mol. The number of fused-ring (bicyclic) bond motifs is 3. The van der Waals surface area contributed by atoms with Crippen LogP contribution in [0.25, 0.3) is 11.3 Å². The van der Waals surface area contributed by atoms with Crippen molar-refractivity contribution in [2.75, 3.05) is 18.0 Å². The van der Waals surface area contributed by atoms with Gasteiger partial charge in [-0.2, -0.15) is 0 Å². The molecule has 1 atom stereocenters. The van der Waals surface area contributed by atoms with Gasteiger partial charge in [0.05, 0.1) is 29.9 Å². The summed E-state index contributed by atoms with van der Waals surface area (Å²) in [6.45, 7) is 1.51. The van der Waals surface area contributed by atoms with Gasteiger partial charge in [0.2, 0.25) is 0 Å². The van der Waals surface area contributed by atoms with E-state index < -0.39 is 0 Å². The van der Waals surface area contributed by atoms with E-state index in [0.29, 0.717) is 11.6 Å². The molecule has 2 aliphatic heterocycles. The smallest absolute Gasteiger partial charge is 0.147 e. The molecule has 2 aromatic carbocycles. The zero-order chi connectivity index (χ0) is 18.5. The van der Waals surface area contributed by atoms with Crippen molar-refractivity contribution in [3.8, 4) is 11.3 Å². The molecule has 1 aromatic heterocycles. The van der Waals surface area contributed by atoms with E-state index >= 15 is 0 Å². The third kappa shape index (κ3) is 2.69. The van der Waals surface area contributed by atoms with Gasteiger partial charge < -0.3 is 9.47 Å². The summed E-state index contributed by atoms with van der Waals surface area (Å²) in [4.78, 5) is 6.36. The van der Waals surface area contributed by atoms with Crippen molar-refractivity contribution >= 4 is 21.6 Å². The van der Waals surface area contributed by atoms with Crippen LogP contribution in [-0.4, -0.2) is 22.6 Å². The van der Waals surface area contributed by atoms with Gasteiger partial charge in [0.25, 0.3) is 0 Å². The minimum absolute atomic E-state index is 0.0318. The van der Waals surface area contributed by atoms with Gasteiger partial charge in [0.15, 0.2) is 0 Å². The molecule has 3 heterocycles. The Hall–Kier alpha value is -2.21. The molecule has 0 amide bonds. The summed E-state index contributed by atoms with van der Waals surface area (Å²) in [6, 6.07) is 10.4. The normalized spacial score (nSPS) is 19.2. The third-order valence-corrected chi connectivity index (χ3v) is 6.32. The van der Waals surface area contributed by atoms with Gasteiger partial charge in [0.1, 0.15) is 11.6 Å². The van der Waals surface area contributed by atoms with Crippen molar-refractivity contribution in [2.45, 2.75) is 18.9 Å². The number of hydrogen-bond acceptors (Lipinski definition) is 2. The van der Waals surface area contributed by atoms with Gasteiger partial charge in [-0.15, -0.1) is 0 Å². The largest absolute Gasteiger partial charge is 0.369 e. The SMILES string of the molecule is Fc1cc(Br)ccc1N1CCC(C2c3c(F)cccc3-c3cncn32)CC1. The van der Waals surface area contributed by atoms with Gasteiger partial charge >= 0.3 is 0 Å². The van der Waals surface area contributed by atoms with E-state index in [-0.39, 0.29) is 17.7 Å². The van der Waals surface area contributed by atoms with Crippen LogP contribution in [0, 0.1) is 17.6 Å². The van der Waals surface area contributed by atoms with Crippen LogP contribution in [0.3, 0.4) is 0 Å². The second-order valence-electron chi connectivity index (χ2n) is 7.25. The topological polar surface area (TPSA) is 21.1 Å². The standard InChI is InChI=1S/C21H18BrF2N3/c22-14-4-5-18(17(24)10-14)26-8-6-13(7-9-26)21-20-15(2-1-3-16(20)23)19-11-25-12-27(19)21/h1-5,10-13,21H,6-9H2. The van der Waals surface area contributed by atoms with Gasteiger partial charge in [-0.25, -0.2) is 13.8 Å². The lowest BCUT2D eigenvalue weighted by Gasteiger charge is -2.37. The molecule has 0 bridgehead atoms. The van der Waals surface area contributed by atoms with Crippen LogP contribution in [-0.2, 0) is 0 Å². The Morgan fingerprint density at radius 2 is 1.85 bits per heavy atom. The summed E-state index contributed by atoms with van der Waals surface area (Å²) >= 11 is 3.31. The summed E-state index contributed by atoms with van der Waals surface area (Å²) < 4.78 is 31.8. The highest BCUT2D eigenvalue weighted by Crippen LogP contribution is 2.47. The first-order valence-corrected chi connectivity index (χ1v) is 9.93. The van der Waals surface area contributed by atoms with E-state index in [1.165, 1.54) is 12.1 Å². The van der Waals surface area contributed by atoms with Crippen molar-refractivity contribution in [1.29, 1.82) is 0 Å². The second kappa shape index (κ2) is 6.44. The van der Waals surface area contributed by atoms with Crippen LogP contribution >= 0.6 is 15.9 Å². The molecule has 2 aliphatic rings. The van der Waals surface area contributed by atoms with Crippen LogP contribution in [0.2, 0.25) is 0 Å². The number of imidazole rings is 1. The van der Waals surface area contributed by atoms with E-state index in [1.54, 1.807) is 12.4 Å². The molecule has 0 aliphatic carbocycles. The Balaban J connectivity index is 1.42. The lowest BCUT2D eigenvalue weighted by molar-refractivity contribution is 0.311. The molecule has 1 fully saturated rings. The maximum atomic E-state index is 14.7. The lowest BCUT2D eigenvalue weighted by atomic mass is 9.85. The van der Waals surface area contributed by atoms with Crippen molar-refractivity contribution in [3.63, 3.8) is 0 Å². The minimum Gasteiger partial charge on any atom is -0.369 e. The Kier molecular flexibility index (Phi) is 4.04. The first-order chi connectivity index (χ1) is 13.1. The van der Waals surface area contributed by atoms with E-state index in [4.69, 9.17) is 0 Å². The fourth-order valence-electron chi connectivity index (χ4n) is 4.59. The molecular formula is C21H18BrF2N3. The first kappa shape index (κ1) is 16.9. The van der Waals surface area contributed by atoms with Crippen LogP contribution in [0.1, 0.15) is 24.4 Å². The summed E-state index contributed by atoms with van der Waals surface area (Å²) in [7, 11) is 0. The van der Waals surface area contributed by atoms with Gasteiger partial charge in [-0.1, -0.05) is 28.1 Å². The molecule has 6 heteroatoms. The molecule has 0 spiro atoms. The maximum absolute atomic E-state index is 14.7. The third-order valence-electron chi connectivity index (χ3n) is 5.83. The molecule has 5 rings (SSSR count). The van der Waals surface area contributed by atoms with E-state index in [0.717, 1.165) is 47.2 Å². The Labute approximate surface area is 164 Å². The Morgan fingerprint density at radius 1 is 1.04 bits per heavy atom. The van der Waals surface area contributed by atoms with Crippen molar-refractivity contribution in [1.82, 2.24) is 9.55 Å². The summed E-state index contributed by atoms with van der Waals surface area (Å²) in [5.41, 5.74) is 3.34. The number of nitrogens with zero attached hydrogens (tertiary/aromatic N) is 3. The first-order valence-electron chi connectivity index (χ1n) is 9.14. The van der Waals surface area contributed by atoms with Crippen molar-refractivity contribution < 1.29 is 8.78 Å². The average molecular weight is 430 g/mol. The molecule has 0 N–H and O–H groups in total. The lowest BCUT2D eigenvalue weighted by Crippen LogP contribution is -2.37. The second-order valence-corrected chi connectivity index (χ2v) is 8.17. The van der Waals surface area contributed by atoms with Gasteiger partial charge in [0, 0.05) is 28.7 Å².